The van der Waals surface area contributed by atoms with Crippen LogP contribution < -0.4 is 5.32 Å². The topological polar surface area (TPSA) is 47.9 Å². The fourth-order valence-corrected chi connectivity index (χ4v) is 1.96. The van der Waals surface area contributed by atoms with Gasteiger partial charge in [0.2, 0.25) is 5.91 Å². The van der Waals surface area contributed by atoms with Crippen molar-refractivity contribution in [2.45, 2.75) is 6.54 Å². The summed E-state index contributed by atoms with van der Waals surface area (Å²) in [6.07, 6.45) is 1.76. The molecule has 0 bridgehead atoms. The largest absolute Gasteiger partial charge is 0.353 e. The molecule has 1 aromatic rings. The Kier molecular flexibility index (Phi) is 10.9. The number of rotatable bonds is 6. The average Bonchev–Trinajstić information content (AvgIpc) is 2.49. The Hall–Kier alpha value is -1.09. The van der Waals surface area contributed by atoms with Gasteiger partial charge in [-0.1, -0.05) is 34.1 Å². The van der Waals surface area contributed by atoms with Crippen LogP contribution in [-0.4, -0.2) is 55.9 Å². The summed E-state index contributed by atoms with van der Waals surface area (Å²) in [4.78, 5) is 19.6. The summed E-state index contributed by atoms with van der Waals surface area (Å²) in [5.41, 5.74) is 1.16. The van der Waals surface area contributed by atoms with Crippen LogP contribution in [0.3, 0.4) is 0 Å². The molecule has 0 saturated heterocycles. The van der Waals surface area contributed by atoms with Crippen LogP contribution in [0.5, 0.6) is 0 Å². The molecule has 0 aliphatic rings. The Balaban J connectivity index is 0.00000484. The van der Waals surface area contributed by atoms with E-state index in [0.29, 0.717) is 19.0 Å². The summed E-state index contributed by atoms with van der Waals surface area (Å²) in [5, 5.41) is 3.17. The van der Waals surface area contributed by atoms with Crippen molar-refractivity contribution in [3.8, 4) is 0 Å². The van der Waals surface area contributed by atoms with Crippen LogP contribution in [-0.2, 0) is 11.3 Å². The normalized spacial score (nSPS) is 10.5. The predicted octanol–water partition coefficient (Wildman–Crippen LogP) is 2.72. The summed E-state index contributed by atoms with van der Waals surface area (Å²) >= 11 is 3.43. The summed E-state index contributed by atoms with van der Waals surface area (Å²) < 4.78 is 1.05. The van der Waals surface area contributed by atoms with Crippen LogP contribution in [0.25, 0.3) is 0 Å². The maximum Gasteiger partial charge on any atom is 0.243 e. The first kappa shape index (κ1) is 21.9. The van der Waals surface area contributed by atoms with Gasteiger partial charge >= 0.3 is 0 Å². The van der Waals surface area contributed by atoms with Gasteiger partial charge in [0.05, 0.1) is 0 Å². The highest BCUT2D eigenvalue weighted by Crippen LogP contribution is 2.11. The first-order chi connectivity index (χ1) is 10.4. The highest BCUT2D eigenvalue weighted by Gasteiger charge is 2.09. The lowest BCUT2D eigenvalue weighted by atomic mass is 10.2. The molecule has 1 amide bonds. The van der Waals surface area contributed by atoms with Gasteiger partial charge in [-0.05, 0) is 17.7 Å². The number of halogens is 2. The zero-order valence-electron chi connectivity index (χ0n) is 13.8. The van der Waals surface area contributed by atoms with Crippen molar-refractivity contribution in [3.63, 3.8) is 0 Å². The Morgan fingerprint density at radius 3 is 2.43 bits per heavy atom. The molecule has 0 fully saturated rings. The van der Waals surface area contributed by atoms with E-state index in [1.54, 1.807) is 20.2 Å². The van der Waals surface area contributed by atoms with Gasteiger partial charge in [-0.2, -0.15) is 0 Å². The number of hydrogen-bond acceptors (Lipinski definition) is 2. The third-order valence-corrected chi connectivity index (χ3v) is 3.49. The summed E-state index contributed by atoms with van der Waals surface area (Å²) in [5.74, 6) is 0.646. The lowest BCUT2D eigenvalue weighted by Crippen LogP contribution is -2.39. The van der Waals surface area contributed by atoms with Crippen molar-refractivity contribution < 1.29 is 4.79 Å². The highest BCUT2D eigenvalue weighted by molar-refractivity contribution is 14.0. The van der Waals surface area contributed by atoms with Gasteiger partial charge in [0.15, 0.2) is 5.96 Å². The van der Waals surface area contributed by atoms with Crippen molar-refractivity contribution in [1.82, 2.24) is 15.1 Å². The van der Waals surface area contributed by atoms with Gasteiger partial charge in [0.25, 0.3) is 0 Å². The van der Waals surface area contributed by atoms with E-state index in [-0.39, 0.29) is 36.4 Å². The molecule has 1 aromatic carbocycles. The Morgan fingerprint density at radius 2 is 1.91 bits per heavy atom. The number of nitrogens with one attached hydrogen (secondary N) is 1. The fraction of sp³-hybridized carbons (Fsp3) is 0.375. The van der Waals surface area contributed by atoms with Gasteiger partial charge in [-0.15, -0.1) is 30.6 Å². The molecular formula is C16H24BrIN4O. The quantitative estimate of drug-likeness (QED) is 0.286. The van der Waals surface area contributed by atoms with Crippen molar-refractivity contribution in [2.75, 3.05) is 34.2 Å². The molecule has 0 aliphatic heterocycles. The van der Waals surface area contributed by atoms with Crippen LogP contribution in [0.1, 0.15) is 5.56 Å². The van der Waals surface area contributed by atoms with E-state index in [4.69, 9.17) is 0 Å². The van der Waals surface area contributed by atoms with Crippen LogP contribution in [0, 0.1) is 0 Å². The molecule has 0 atom stereocenters. The van der Waals surface area contributed by atoms with E-state index in [1.165, 1.54) is 4.90 Å². The van der Waals surface area contributed by atoms with Gasteiger partial charge in [0.1, 0.15) is 6.54 Å². The van der Waals surface area contributed by atoms with Crippen molar-refractivity contribution in [1.29, 1.82) is 0 Å². The number of carbonyl (C=O) groups is 1. The maximum atomic E-state index is 11.7. The molecule has 0 unspecified atom stereocenters. The van der Waals surface area contributed by atoms with Crippen LogP contribution in [0.2, 0.25) is 0 Å². The number of benzene rings is 1. The van der Waals surface area contributed by atoms with Crippen molar-refractivity contribution >= 4 is 51.8 Å². The second kappa shape index (κ2) is 11.4. The molecule has 23 heavy (non-hydrogen) atoms. The molecule has 1 N–H and O–H groups in total. The molecule has 0 saturated carbocycles. The van der Waals surface area contributed by atoms with Crippen LogP contribution in [0.4, 0.5) is 0 Å². The molecule has 5 nitrogen and oxygen atoms in total. The standard InChI is InChI=1S/C16H23BrN4O.HI/c1-5-10-18-16(19-11-15(22)20(2)3)21(4)12-13-6-8-14(17)9-7-13;/h5-9H,1,10-12H2,2-4H3,(H,18,19);1H. The second-order valence-corrected chi connectivity index (χ2v) is 6.00. The summed E-state index contributed by atoms with van der Waals surface area (Å²) in [6, 6.07) is 8.12. The van der Waals surface area contributed by atoms with E-state index in [2.05, 4.69) is 45.0 Å². The second-order valence-electron chi connectivity index (χ2n) is 5.08. The molecule has 128 valence electrons. The lowest BCUT2D eigenvalue weighted by molar-refractivity contribution is -0.127. The molecule has 0 aliphatic carbocycles. The van der Waals surface area contributed by atoms with Crippen LogP contribution in [0.15, 0.2) is 46.4 Å². The number of hydrogen-bond donors (Lipinski definition) is 1. The molecule has 1 rings (SSSR count). The number of nitrogens with zero attached hydrogens (tertiary/aromatic N) is 3. The Bertz CT molecular complexity index is 531. The lowest BCUT2D eigenvalue weighted by Gasteiger charge is -2.22. The number of guanidine groups is 1. The average molecular weight is 495 g/mol. The maximum absolute atomic E-state index is 11.7. The zero-order valence-corrected chi connectivity index (χ0v) is 17.7. The molecule has 0 radical (unpaired) electrons. The smallest absolute Gasteiger partial charge is 0.243 e. The van der Waals surface area contributed by atoms with E-state index in [9.17, 15) is 4.79 Å². The minimum atomic E-state index is -0.0325. The predicted molar refractivity (Wildman–Crippen MR) is 110 cm³/mol. The van der Waals surface area contributed by atoms with E-state index in [0.717, 1.165) is 10.0 Å². The van der Waals surface area contributed by atoms with Crippen LogP contribution >= 0.6 is 39.9 Å². The SMILES string of the molecule is C=CCNC(=NCC(=O)N(C)C)N(C)Cc1ccc(Br)cc1.I. The van der Waals surface area contributed by atoms with E-state index < -0.39 is 0 Å². The first-order valence-corrected chi connectivity index (χ1v) is 7.78. The van der Waals surface area contributed by atoms with E-state index >= 15 is 0 Å². The summed E-state index contributed by atoms with van der Waals surface area (Å²) in [7, 11) is 5.39. The Morgan fingerprint density at radius 1 is 1.30 bits per heavy atom. The third-order valence-electron chi connectivity index (χ3n) is 2.96. The Labute approximate surface area is 164 Å². The number of carbonyl (C=O) groups excluding carboxylic acids is 1. The van der Waals surface area contributed by atoms with Crippen molar-refractivity contribution in [2.24, 2.45) is 4.99 Å². The minimum Gasteiger partial charge on any atom is -0.353 e. The monoisotopic (exact) mass is 494 g/mol. The number of amides is 1. The van der Waals surface area contributed by atoms with Gasteiger partial charge in [-0.25, -0.2) is 4.99 Å². The molecular weight excluding hydrogens is 471 g/mol. The van der Waals surface area contributed by atoms with Crippen molar-refractivity contribution in [3.05, 3.63) is 47.0 Å². The molecule has 0 aromatic heterocycles. The van der Waals surface area contributed by atoms with Gasteiger partial charge in [0, 0.05) is 38.7 Å². The fourth-order valence-electron chi connectivity index (χ4n) is 1.70. The first-order valence-electron chi connectivity index (χ1n) is 6.99. The van der Waals surface area contributed by atoms with Gasteiger partial charge in [-0.3, -0.25) is 4.79 Å². The minimum absolute atomic E-state index is 0. The number of likely N-dealkylation sites (N-methyl/N-ethyl adjacent to an activating group) is 1. The van der Waals surface area contributed by atoms with Gasteiger partial charge < -0.3 is 15.1 Å². The molecule has 0 heterocycles. The van der Waals surface area contributed by atoms with E-state index in [1.807, 2.05) is 24.1 Å². The third kappa shape index (κ3) is 8.36. The summed E-state index contributed by atoms with van der Waals surface area (Å²) in [6.45, 7) is 5.11. The highest BCUT2D eigenvalue weighted by atomic mass is 127. The molecule has 7 heteroatoms. The zero-order chi connectivity index (χ0) is 16.5. The number of aliphatic imine (C=N–C) groups is 1. The molecule has 0 spiro atoms.